The van der Waals surface area contributed by atoms with Gasteiger partial charge in [0.2, 0.25) is 5.56 Å². The second-order valence-corrected chi connectivity index (χ2v) is 4.09. The lowest BCUT2D eigenvalue weighted by Crippen LogP contribution is -2.18. The molecule has 2 rings (SSSR count). The summed E-state index contributed by atoms with van der Waals surface area (Å²) in [5.74, 6) is -0.380. The molecule has 0 fully saturated rings. The van der Waals surface area contributed by atoms with Crippen molar-refractivity contribution in [2.45, 2.75) is 0 Å². The van der Waals surface area contributed by atoms with Crippen molar-refractivity contribution in [1.82, 2.24) is 9.97 Å². The van der Waals surface area contributed by atoms with Crippen LogP contribution in [0.4, 0.5) is 5.69 Å². The van der Waals surface area contributed by atoms with E-state index in [1.807, 2.05) is 0 Å². The van der Waals surface area contributed by atoms with Gasteiger partial charge in [0.05, 0.1) is 10.2 Å². The van der Waals surface area contributed by atoms with Crippen LogP contribution in [0.15, 0.2) is 45.9 Å². The van der Waals surface area contributed by atoms with Crippen molar-refractivity contribution >= 4 is 27.5 Å². The number of hydrogen-bond donors (Lipinski definition) is 2. The number of H-pyrrole nitrogens is 1. The van der Waals surface area contributed by atoms with Crippen LogP contribution in [-0.2, 0) is 0 Å². The summed E-state index contributed by atoms with van der Waals surface area (Å²) in [7, 11) is 0. The first-order valence-electron chi connectivity index (χ1n) is 4.77. The molecule has 0 saturated carbocycles. The molecule has 0 unspecified atom stereocenters. The van der Waals surface area contributed by atoms with Crippen LogP contribution < -0.4 is 10.9 Å². The summed E-state index contributed by atoms with van der Waals surface area (Å²) < 4.78 is 0.673. The molecule has 86 valence electrons. The molecule has 0 aliphatic heterocycles. The summed E-state index contributed by atoms with van der Waals surface area (Å²) in [6.45, 7) is 0. The van der Waals surface area contributed by atoms with Gasteiger partial charge < -0.3 is 10.3 Å². The van der Waals surface area contributed by atoms with Gasteiger partial charge in [-0.2, -0.15) is 0 Å². The van der Waals surface area contributed by atoms with E-state index in [2.05, 4.69) is 31.2 Å². The van der Waals surface area contributed by atoms with Gasteiger partial charge in [-0.1, -0.05) is 6.07 Å². The van der Waals surface area contributed by atoms with Crippen molar-refractivity contribution in [3.8, 4) is 0 Å². The van der Waals surface area contributed by atoms with Crippen molar-refractivity contribution in [3.05, 3.63) is 57.2 Å². The minimum Gasteiger partial charge on any atom is -0.320 e. The zero-order valence-electron chi connectivity index (χ0n) is 8.61. The first kappa shape index (κ1) is 11.5. The van der Waals surface area contributed by atoms with Crippen LogP contribution in [0, 0.1) is 0 Å². The lowest BCUT2D eigenvalue weighted by molar-refractivity contribution is 0.102. The third-order valence-electron chi connectivity index (χ3n) is 2.03. The molecule has 2 aromatic heterocycles. The summed E-state index contributed by atoms with van der Waals surface area (Å²) >= 11 is 3.26. The molecular formula is C11H8BrN3O2. The second-order valence-electron chi connectivity index (χ2n) is 3.24. The molecule has 0 aromatic carbocycles. The summed E-state index contributed by atoms with van der Waals surface area (Å²) in [5.41, 5.74) is 0.488. The fourth-order valence-electron chi connectivity index (χ4n) is 1.25. The average Bonchev–Trinajstić information content (AvgIpc) is 2.32. The quantitative estimate of drug-likeness (QED) is 0.886. The molecular weight excluding hydrogens is 286 g/mol. The van der Waals surface area contributed by atoms with Crippen molar-refractivity contribution in [2.75, 3.05) is 5.32 Å². The number of carbonyl (C=O) groups excluding carboxylic acids is 1. The average molecular weight is 294 g/mol. The van der Waals surface area contributed by atoms with Gasteiger partial charge in [-0.15, -0.1) is 0 Å². The molecule has 6 heteroatoms. The summed E-state index contributed by atoms with van der Waals surface area (Å²) in [4.78, 5) is 29.2. The maximum absolute atomic E-state index is 11.8. The Morgan fingerprint density at radius 3 is 2.88 bits per heavy atom. The topological polar surface area (TPSA) is 74.8 Å². The summed E-state index contributed by atoms with van der Waals surface area (Å²) in [6.07, 6.45) is 3.14. The normalized spacial score (nSPS) is 9.94. The Bertz CT molecular complexity index is 609. The molecule has 0 aliphatic carbocycles. The van der Waals surface area contributed by atoms with Crippen LogP contribution in [0.5, 0.6) is 0 Å². The highest BCUT2D eigenvalue weighted by atomic mass is 79.9. The van der Waals surface area contributed by atoms with Crippen molar-refractivity contribution in [3.63, 3.8) is 0 Å². The van der Waals surface area contributed by atoms with Gasteiger partial charge in [-0.25, -0.2) is 0 Å². The second kappa shape index (κ2) is 4.92. The van der Waals surface area contributed by atoms with Crippen LogP contribution in [0.1, 0.15) is 10.5 Å². The van der Waals surface area contributed by atoms with Crippen molar-refractivity contribution in [2.24, 2.45) is 0 Å². The number of amides is 1. The van der Waals surface area contributed by atoms with E-state index in [0.29, 0.717) is 10.2 Å². The number of nitrogens with zero attached hydrogens (tertiary/aromatic N) is 1. The first-order valence-corrected chi connectivity index (χ1v) is 5.56. The van der Waals surface area contributed by atoms with E-state index in [9.17, 15) is 9.59 Å². The van der Waals surface area contributed by atoms with Gasteiger partial charge in [0.15, 0.2) is 0 Å². The monoisotopic (exact) mass is 293 g/mol. The molecule has 0 saturated heterocycles. The van der Waals surface area contributed by atoms with Gasteiger partial charge in [0.1, 0.15) is 5.69 Å². The Balaban J connectivity index is 2.23. The van der Waals surface area contributed by atoms with E-state index in [4.69, 9.17) is 0 Å². The number of halogens is 1. The predicted molar refractivity (Wildman–Crippen MR) is 67.0 cm³/mol. The summed E-state index contributed by atoms with van der Waals surface area (Å²) in [5, 5.41) is 2.66. The molecule has 0 atom stereocenters. The van der Waals surface area contributed by atoms with E-state index in [1.165, 1.54) is 18.2 Å². The lowest BCUT2D eigenvalue weighted by Gasteiger charge is -2.06. The van der Waals surface area contributed by atoms with Gasteiger partial charge in [0.25, 0.3) is 5.91 Å². The Labute approximate surface area is 105 Å². The van der Waals surface area contributed by atoms with E-state index in [-0.39, 0.29) is 17.2 Å². The number of pyridine rings is 2. The molecule has 1 amide bonds. The number of aromatic nitrogens is 2. The first-order chi connectivity index (χ1) is 8.16. The lowest BCUT2D eigenvalue weighted by atomic mass is 10.3. The molecule has 5 nitrogen and oxygen atoms in total. The predicted octanol–water partition coefficient (Wildman–Crippen LogP) is 1.78. The number of aromatic amines is 1. The van der Waals surface area contributed by atoms with Gasteiger partial charge in [-0.05, 0) is 28.1 Å². The molecule has 2 aromatic rings. The van der Waals surface area contributed by atoms with Crippen LogP contribution in [0.3, 0.4) is 0 Å². The zero-order valence-corrected chi connectivity index (χ0v) is 10.2. The van der Waals surface area contributed by atoms with E-state index < -0.39 is 0 Å². The smallest absolute Gasteiger partial charge is 0.272 e. The SMILES string of the molecule is O=C(Nc1ccncc1Br)c1cccc(=O)[nH]1. The highest BCUT2D eigenvalue weighted by molar-refractivity contribution is 9.10. The standard InChI is InChI=1S/C11H8BrN3O2/c12-7-6-13-5-4-8(7)15-11(17)9-2-1-3-10(16)14-9/h1-6H,(H,14,16)(H,13,15,17). The summed E-state index contributed by atoms with van der Waals surface area (Å²) in [6, 6.07) is 6.06. The highest BCUT2D eigenvalue weighted by Gasteiger charge is 2.08. The van der Waals surface area contributed by atoms with E-state index >= 15 is 0 Å². The van der Waals surface area contributed by atoms with Crippen molar-refractivity contribution < 1.29 is 4.79 Å². The Kier molecular flexibility index (Phi) is 3.34. The van der Waals surface area contributed by atoms with E-state index in [0.717, 1.165) is 0 Å². The van der Waals surface area contributed by atoms with Crippen LogP contribution >= 0.6 is 15.9 Å². The number of rotatable bonds is 2. The fourth-order valence-corrected chi connectivity index (χ4v) is 1.60. The molecule has 2 heterocycles. The van der Waals surface area contributed by atoms with Gasteiger partial charge in [-0.3, -0.25) is 14.6 Å². The highest BCUT2D eigenvalue weighted by Crippen LogP contribution is 2.20. The maximum Gasteiger partial charge on any atom is 0.272 e. The van der Waals surface area contributed by atoms with Gasteiger partial charge in [0, 0.05) is 18.5 Å². The number of carbonyl (C=O) groups is 1. The largest absolute Gasteiger partial charge is 0.320 e. The number of nitrogens with one attached hydrogen (secondary N) is 2. The van der Waals surface area contributed by atoms with Gasteiger partial charge >= 0.3 is 0 Å². The van der Waals surface area contributed by atoms with Crippen LogP contribution in [0.25, 0.3) is 0 Å². The molecule has 0 spiro atoms. The molecule has 0 radical (unpaired) electrons. The zero-order chi connectivity index (χ0) is 12.3. The minimum atomic E-state index is -0.380. The number of anilines is 1. The molecule has 2 N–H and O–H groups in total. The Hall–Kier alpha value is -1.95. The molecule has 17 heavy (non-hydrogen) atoms. The van der Waals surface area contributed by atoms with Crippen molar-refractivity contribution in [1.29, 1.82) is 0 Å². The number of hydrogen-bond acceptors (Lipinski definition) is 3. The molecule has 0 bridgehead atoms. The fraction of sp³-hybridized carbons (Fsp3) is 0. The Morgan fingerprint density at radius 2 is 2.18 bits per heavy atom. The Morgan fingerprint density at radius 1 is 1.35 bits per heavy atom. The van der Waals surface area contributed by atoms with Crippen LogP contribution in [-0.4, -0.2) is 15.9 Å². The maximum atomic E-state index is 11.8. The molecule has 0 aliphatic rings. The third kappa shape index (κ3) is 2.79. The third-order valence-corrected chi connectivity index (χ3v) is 2.67. The minimum absolute atomic E-state index is 0.209. The van der Waals surface area contributed by atoms with E-state index in [1.54, 1.807) is 18.5 Å². The van der Waals surface area contributed by atoms with Crippen LogP contribution in [0.2, 0.25) is 0 Å².